The van der Waals surface area contributed by atoms with Crippen molar-refractivity contribution in [2.24, 2.45) is 5.92 Å². The Kier molecular flexibility index (Phi) is 6.45. The summed E-state index contributed by atoms with van der Waals surface area (Å²) in [6, 6.07) is 6.30. The Hall–Kier alpha value is -1.62. The molecule has 1 aromatic carbocycles. The number of aliphatic carboxylic acids is 1. The SMILES string of the molecule is CC(CN(CCCN(C)C)c1cccc(F)c1)C(=O)O. The number of anilines is 1. The van der Waals surface area contributed by atoms with Gasteiger partial charge in [-0.1, -0.05) is 13.0 Å². The van der Waals surface area contributed by atoms with Crippen LogP contribution in [0.5, 0.6) is 0 Å². The summed E-state index contributed by atoms with van der Waals surface area (Å²) in [5.41, 5.74) is 0.733. The predicted molar refractivity (Wildman–Crippen MR) is 78.6 cm³/mol. The summed E-state index contributed by atoms with van der Waals surface area (Å²) < 4.78 is 13.3. The number of rotatable bonds is 8. The number of nitrogens with zero attached hydrogens (tertiary/aromatic N) is 2. The monoisotopic (exact) mass is 282 g/mol. The molecule has 0 fully saturated rings. The topological polar surface area (TPSA) is 43.8 Å². The van der Waals surface area contributed by atoms with Crippen LogP contribution in [0.4, 0.5) is 10.1 Å². The van der Waals surface area contributed by atoms with E-state index in [0.29, 0.717) is 13.1 Å². The van der Waals surface area contributed by atoms with Crippen LogP contribution in [0.25, 0.3) is 0 Å². The van der Waals surface area contributed by atoms with Gasteiger partial charge in [0.1, 0.15) is 5.82 Å². The van der Waals surface area contributed by atoms with Crippen LogP contribution in [0.15, 0.2) is 24.3 Å². The molecule has 0 amide bonds. The van der Waals surface area contributed by atoms with E-state index in [-0.39, 0.29) is 5.82 Å². The molecule has 0 saturated heterocycles. The number of halogens is 1. The molecule has 4 nitrogen and oxygen atoms in total. The van der Waals surface area contributed by atoms with Crippen molar-refractivity contribution in [1.82, 2.24) is 4.90 Å². The first-order valence-corrected chi connectivity index (χ1v) is 6.78. The zero-order chi connectivity index (χ0) is 15.1. The standard InChI is InChI=1S/C15H23FN2O2/c1-12(15(19)20)11-18(9-5-8-17(2)3)14-7-4-6-13(16)10-14/h4,6-7,10,12H,5,8-9,11H2,1-3H3,(H,19,20). The summed E-state index contributed by atoms with van der Waals surface area (Å²) in [6.45, 7) is 3.67. The smallest absolute Gasteiger partial charge is 0.308 e. The number of carboxylic acid groups (broad SMARTS) is 1. The van der Waals surface area contributed by atoms with Crippen molar-refractivity contribution in [2.75, 3.05) is 38.6 Å². The van der Waals surface area contributed by atoms with Crippen molar-refractivity contribution in [2.45, 2.75) is 13.3 Å². The van der Waals surface area contributed by atoms with E-state index >= 15 is 0 Å². The molecular formula is C15H23FN2O2. The molecule has 1 N–H and O–H groups in total. The van der Waals surface area contributed by atoms with E-state index in [2.05, 4.69) is 4.90 Å². The fourth-order valence-electron chi connectivity index (χ4n) is 1.99. The third-order valence-electron chi connectivity index (χ3n) is 3.12. The summed E-state index contributed by atoms with van der Waals surface area (Å²) >= 11 is 0. The number of benzene rings is 1. The Labute approximate surface area is 119 Å². The molecule has 0 aliphatic rings. The highest BCUT2D eigenvalue weighted by molar-refractivity contribution is 5.70. The second kappa shape index (κ2) is 7.85. The van der Waals surface area contributed by atoms with Gasteiger partial charge in [-0.15, -0.1) is 0 Å². The minimum atomic E-state index is -0.834. The second-order valence-electron chi connectivity index (χ2n) is 5.32. The molecule has 5 heteroatoms. The van der Waals surface area contributed by atoms with Crippen LogP contribution in [-0.4, -0.2) is 49.7 Å². The average molecular weight is 282 g/mol. The summed E-state index contributed by atoms with van der Waals surface area (Å²) in [7, 11) is 3.98. The zero-order valence-electron chi connectivity index (χ0n) is 12.3. The van der Waals surface area contributed by atoms with E-state index in [4.69, 9.17) is 5.11 Å². The highest BCUT2D eigenvalue weighted by Gasteiger charge is 2.16. The van der Waals surface area contributed by atoms with Crippen LogP contribution in [0, 0.1) is 11.7 Å². The van der Waals surface area contributed by atoms with Gasteiger partial charge in [-0.2, -0.15) is 0 Å². The molecule has 0 spiro atoms. The van der Waals surface area contributed by atoms with E-state index in [1.807, 2.05) is 25.1 Å². The largest absolute Gasteiger partial charge is 0.481 e. The molecule has 112 valence electrons. The van der Waals surface area contributed by atoms with Crippen LogP contribution in [0.2, 0.25) is 0 Å². The number of hydrogen-bond acceptors (Lipinski definition) is 3. The molecule has 0 radical (unpaired) electrons. The first kappa shape index (κ1) is 16.4. The maximum atomic E-state index is 13.3. The van der Waals surface area contributed by atoms with Crippen LogP contribution < -0.4 is 4.90 Å². The van der Waals surface area contributed by atoms with E-state index in [0.717, 1.165) is 18.7 Å². The lowest BCUT2D eigenvalue weighted by Crippen LogP contribution is -2.34. The van der Waals surface area contributed by atoms with Crippen molar-refractivity contribution >= 4 is 11.7 Å². The van der Waals surface area contributed by atoms with Crippen molar-refractivity contribution in [3.05, 3.63) is 30.1 Å². The van der Waals surface area contributed by atoms with Gasteiger partial charge in [-0.25, -0.2) is 4.39 Å². The van der Waals surface area contributed by atoms with E-state index in [1.165, 1.54) is 12.1 Å². The van der Waals surface area contributed by atoms with Crippen LogP contribution in [0.3, 0.4) is 0 Å². The van der Waals surface area contributed by atoms with Crippen molar-refractivity contribution < 1.29 is 14.3 Å². The van der Waals surface area contributed by atoms with Gasteiger partial charge in [-0.05, 0) is 45.3 Å². The van der Waals surface area contributed by atoms with Crippen molar-refractivity contribution in [3.63, 3.8) is 0 Å². The summed E-state index contributed by atoms with van der Waals surface area (Å²) in [5, 5.41) is 9.04. The predicted octanol–water partition coefficient (Wildman–Crippen LogP) is 2.30. The number of carbonyl (C=O) groups is 1. The van der Waals surface area contributed by atoms with E-state index in [1.54, 1.807) is 13.0 Å². The minimum absolute atomic E-state index is 0.303. The minimum Gasteiger partial charge on any atom is -0.481 e. The van der Waals surface area contributed by atoms with E-state index < -0.39 is 11.9 Å². The second-order valence-corrected chi connectivity index (χ2v) is 5.32. The Balaban J connectivity index is 2.75. The fraction of sp³-hybridized carbons (Fsp3) is 0.533. The van der Waals surface area contributed by atoms with Crippen molar-refractivity contribution in [3.8, 4) is 0 Å². The quantitative estimate of drug-likeness (QED) is 0.794. The lowest BCUT2D eigenvalue weighted by atomic mass is 10.1. The van der Waals surface area contributed by atoms with Gasteiger partial charge < -0.3 is 14.9 Å². The van der Waals surface area contributed by atoms with Gasteiger partial charge in [-0.3, -0.25) is 4.79 Å². The Morgan fingerprint density at radius 1 is 1.35 bits per heavy atom. The lowest BCUT2D eigenvalue weighted by Gasteiger charge is -2.27. The van der Waals surface area contributed by atoms with Crippen molar-refractivity contribution in [1.29, 1.82) is 0 Å². The first-order valence-electron chi connectivity index (χ1n) is 6.78. The average Bonchev–Trinajstić information content (AvgIpc) is 2.36. The van der Waals surface area contributed by atoms with Crippen LogP contribution >= 0.6 is 0 Å². The lowest BCUT2D eigenvalue weighted by molar-refractivity contribution is -0.140. The van der Waals surface area contributed by atoms with Gasteiger partial charge >= 0.3 is 5.97 Å². The van der Waals surface area contributed by atoms with E-state index in [9.17, 15) is 9.18 Å². The number of hydrogen-bond donors (Lipinski definition) is 1. The Morgan fingerprint density at radius 2 is 2.05 bits per heavy atom. The molecule has 0 bridgehead atoms. The first-order chi connectivity index (χ1) is 9.40. The van der Waals surface area contributed by atoms with Gasteiger partial charge in [0.15, 0.2) is 0 Å². The highest BCUT2D eigenvalue weighted by Crippen LogP contribution is 2.17. The Bertz CT molecular complexity index is 438. The molecule has 1 unspecified atom stereocenters. The molecule has 1 atom stereocenters. The molecular weight excluding hydrogens is 259 g/mol. The fourth-order valence-corrected chi connectivity index (χ4v) is 1.99. The molecule has 1 aromatic rings. The summed E-state index contributed by atoms with van der Waals surface area (Å²) in [6.07, 6.45) is 0.899. The third-order valence-corrected chi connectivity index (χ3v) is 3.12. The van der Waals surface area contributed by atoms with Crippen LogP contribution in [0.1, 0.15) is 13.3 Å². The van der Waals surface area contributed by atoms with Gasteiger partial charge in [0.2, 0.25) is 0 Å². The Morgan fingerprint density at radius 3 is 2.60 bits per heavy atom. The van der Waals surface area contributed by atoms with Gasteiger partial charge in [0.05, 0.1) is 5.92 Å². The molecule has 20 heavy (non-hydrogen) atoms. The normalized spacial score (nSPS) is 12.4. The molecule has 0 saturated carbocycles. The number of carboxylic acids is 1. The molecule has 0 heterocycles. The molecule has 0 aromatic heterocycles. The van der Waals surface area contributed by atoms with Gasteiger partial charge in [0, 0.05) is 18.8 Å². The zero-order valence-corrected chi connectivity index (χ0v) is 12.3. The summed E-state index contributed by atoms with van der Waals surface area (Å²) in [4.78, 5) is 15.0. The summed E-state index contributed by atoms with van der Waals surface area (Å²) in [5.74, 6) is -1.63. The highest BCUT2D eigenvalue weighted by atomic mass is 19.1. The maximum Gasteiger partial charge on any atom is 0.308 e. The molecule has 1 rings (SSSR count). The maximum absolute atomic E-state index is 13.3. The third kappa shape index (κ3) is 5.57. The molecule has 0 aliphatic carbocycles. The van der Waals surface area contributed by atoms with Crippen LogP contribution in [-0.2, 0) is 4.79 Å². The molecule has 0 aliphatic heterocycles. The van der Waals surface area contributed by atoms with Gasteiger partial charge in [0.25, 0.3) is 0 Å².